The molecule has 0 aromatic heterocycles. The van der Waals surface area contributed by atoms with E-state index in [2.05, 4.69) is 5.32 Å². The highest BCUT2D eigenvalue weighted by Gasteiger charge is 2.31. The lowest BCUT2D eigenvalue weighted by Gasteiger charge is -2.17. The Balaban J connectivity index is 1.40. The third-order valence-electron chi connectivity index (χ3n) is 4.84. The molecule has 1 N–H and O–H groups in total. The molecule has 0 aliphatic carbocycles. The predicted octanol–water partition coefficient (Wildman–Crippen LogP) is 4.94. The van der Waals surface area contributed by atoms with E-state index in [-0.39, 0.29) is 17.1 Å². The Morgan fingerprint density at radius 1 is 0.966 bits per heavy atom. The van der Waals surface area contributed by atoms with E-state index in [9.17, 15) is 9.59 Å². The SMILES string of the molecule is CC(OC(=O)C1Cc2ccccc2S1)C(=O)Nc1ccccc1-c1ccccc1. The number of esters is 1. The maximum Gasteiger partial charge on any atom is 0.320 e. The zero-order valence-corrected chi connectivity index (χ0v) is 16.8. The van der Waals surface area contributed by atoms with E-state index in [1.165, 1.54) is 11.8 Å². The standard InChI is InChI=1S/C24H21NO3S/c1-16(28-24(27)22-15-18-11-5-8-14-21(18)29-22)23(26)25-20-13-7-6-12-19(20)17-9-3-2-4-10-17/h2-14,16,22H,15H2,1H3,(H,25,26). The first-order valence-corrected chi connectivity index (χ1v) is 10.4. The predicted molar refractivity (Wildman–Crippen MR) is 116 cm³/mol. The summed E-state index contributed by atoms with van der Waals surface area (Å²) >= 11 is 1.50. The van der Waals surface area contributed by atoms with E-state index in [1.807, 2.05) is 78.9 Å². The van der Waals surface area contributed by atoms with Crippen LogP contribution in [0.3, 0.4) is 0 Å². The van der Waals surface area contributed by atoms with E-state index in [4.69, 9.17) is 4.74 Å². The molecule has 29 heavy (non-hydrogen) atoms. The van der Waals surface area contributed by atoms with Crippen LogP contribution in [0.15, 0.2) is 83.8 Å². The molecule has 3 aromatic rings. The van der Waals surface area contributed by atoms with E-state index in [0.29, 0.717) is 12.1 Å². The van der Waals surface area contributed by atoms with Crippen molar-refractivity contribution in [3.05, 3.63) is 84.4 Å². The van der Waals surface area contributed by atoms with Crippen LogP contribution in [-0.2, 0) is 20.7 Å². The third-order valence-corrected chi connectivity index (χ3v) is 6.14. The molecule has 0 saturated heterocycles. The fraction of sp³-hybridized carbons (Fsp3) is 0.167. The molecule has 0 spiro atoms. The van der Waals surface area contributed by atoms with Gasteiger partial charge in [-0.25, -0.2) is 0 Å². The van der Waals surface area contributed by atoms with E-state index < -0.39 is 6.10 Å². The molecule has 1 heterocycles. The summed E-state index contributed by atoms with van der Waals surface area (Å²) in [5.74, 6) is -0.701. The Morgan fingerprint density at radius 2 is 1.66 bits per heavy atom. The van der Waals surface area contributed by atoms with Gasteiger partial charge in [-0.3, -0.25) is 9.59 Å². The summed E-state index contributed by atoms with van der Waals surface area (Å²) in [5, 5.41) is 2.59. The minimum atomic E-state index is -0.879. The van der Waals surface area contributed by atoms with Gasteiger partial charge in [0.25, 0.3) is 5.91 Å². The van der Waals surface area contributed by atoms with Gasteiger partial charge in [0, 0.05) is 16.1 Å². The quantitative estimate of drug-likeness (QED) is 0.613. The van der Waals surface area contributed by atoms with Crippen LogP contribution in [0, 0.1) is 0 Å². The van der Waals surface area contributed by atoms with Crippen molar-refractivity contribution in [2.24, 2.45) is 0 Å². The number of rotatable bonds is 5. The molecule has 146 valence electrons. The van der Waals surface area contributed by atoms with Crippen molar-refractivity contribution in [1.82, 2.24) is 0 Å². The number of fused-ring (bicyclic) bond motifs is 1. The molecule has 1 aliphatic heterocycles. The first kappa shape index (κ1) is 19.3. The summed E-state index contributed by atoms with van der Waals surface area (Å²) in [7, 11) is 0. The molecular weight excluding hydrogens is 382 g/mol. The third kappa shape index (κ3) is 4.35. The maximum atomic E-state index is 12.7. The number of amides is 1. The van der Waals surface area contributed by atoms with E-state index in [1.54, 1.807) is 6.92 Å². The molecule has 4 nitrogen and oxygen atoms in total. The maximum absolute atomic E-state index is 12.7. The lowest BCUT2D eigenvalue weighted by Crippen LogP contribution is -2.33. The first-order valence-electron chi connectivity index (χ1n) is 9.52. The van der Waals surface area contributed by atoms with Gasteiger partial charge in [0.2, 0.25) is 0 Å². The fourth-order valence-electron chi connectivity index (χ4n) is 3.31. The number of anilines is 1. The van der Waals surface area contributed by atoms with Gasteiger partial charge in [0.15, 0.2) is 6.10 Å². The number of benzene rings is 3. The Bertz CT molecular complexity index is 1010. The van der Waals surface area contributed by atoms with Crippen LogP contribution < -0.4 is 5.32 Å². The van der Waals surface area contributed by atoms with Gasteiger partial charge in [-0.05, 0) is 36.6 Å². The van der Waals surface area contributed by atoms with Crippen molar-refractivity contribution in [2.45, 2.75) is 29.6 Å². The molecule has 0 bridgehead atoms. The van der Waals surface area contributed by atoms with Crippen LogP contribution in [0.4, 0.5) is 5.69 Å². The first-order chi connectivity index (χ1) is 14.1. The number of carbonyl (C=O) groups is 2. The highest BCUT2D eigenvalue weighted by Crippen LogP contribution is 2.37. The van der Waals surface area contributed by atoms with Gasteiger partial charge in [0.05, 0.1) is 0 Å². The zero-order chi connectivity index (χ0) is 20.2. The number of hydrogen-bond acceptors (Lipinski definition) is 4. The molecular formula is C24H21NO3S. The summed E-state index contributed by atoms with van der Waals surface area (Å²) < 4.78 is 5.47. The van der Waals surface area contributed by atoms with Crippen molar-refractivity contribution in [3.8, 4) is 11.1 Å². The summed E-state index contributed by atoms with van der Waals surface area (Å²) in [6, 6.07) is 25.4. The van der Waals surface area contributed by atoms with Crippen LogP contribution >= 0.6 is 11.8 Å². The smallest absolute Gasteiger partial charge is 0.320 e. The van der Waals surface area contributed by atoms with Crippen molar-refractivity contribution in [3.63, 3.8) is 0 Å². The summed E-state index contributed by atoms with van der Waals surface area (Å²) in [4.78, 5) is 26.3. The van der Waals surface area contributed by atoms with Crippen LogP contribution in [0.5, 0.6) is 0 Å². The second-order valence-corrected chi connectivity index (χ2v) is 8.14. The molecule has 2 atom stereocenters. The molecule has 0 radical (unpaired) electrons. The monoisotopic (exact) mass is 403 g/mol. The number of thioether (sulfide) groups is 1. The van der Waals surface area contributed by atoms with Crippen molar-refractivity contribution < 1.29 is 14.3 Å². The average molecular weight is 404 g/mol. The van der Waals surface area contributed by atoms with Gasteiger partial charge in [-0.1, -0.05) is 66.7 Å². The van der Waals surface area contributed by atoms with Gasteiger partial charge < -0.3 is 10.1 Å². The lowest BCUT2D eigenvalue weighted by molar-refractivity contribution is -0.152. The minimum absolute atomic E-state index is 0.306. The number of ether oxygens (including phenoxy) is 1. The van der Waals surface area contributed by atoms with Crippen LogP contribution in [0.25, 0.3) is 11.1 Å². The molecule has 4 rings (SSSR count). The fourth-order valence-corrected chi connectivity index (χ4v) is 4.49. The molecule has 1 amide bonds. The summed E-state index contributed by atoms with van der Waals surface area (Å²) in [5.41, 5.74) is 3.76. The van der Waals surface area contributed by atoms with Gasteiger partial charge >= 0.3 is 5.97 Å². The highest BCUT2D eigenvalue weighted by atomic mass is 32.2. The highest BCUT2D eigenvalue weighted by molar-refractivity contribution is 8.01. The largest absolute Gasteiger partial charge is 0.452 e. The molecule has 2 unspecified atom stereocenters. The summed E-state index contributed by atoms with van der Waals surface area (Å²) in [6.07, 6.45) is -0.249. The molecule has 5 heteroatoms. The molecule has 1 aliphatic rings. The van der Waals surface area contributed by atoms with Crippen molar-refractivity contribution in [2.75, 3.05) is 5.32 Å². The molecule has 3 aromatic carbocycles. The average Bonchev–Trinajstić information content (AvgIpc) is 3.19. The second-order valence-electron chi connectivity index (χ2n) is 6.90. The normalized spacial score (nSPS) is 16.0. The zero-order valence-electron chi connectivity index (χ0n) is 16.0. The van der Waals surface area contributed by atoms with Crippen molar-refractivity contribution >= 4 is 29.3 Å². The van der Waals surface area contributed by atoms with E-state index >= 15 is 0 Å². The number of carbonyl (C=O) groups excluding carboxylic acids is 2. The lowest BCUT2D eigenvalue weighted by atomic mass is 10.0. The molecule has 0 fully saturated rings. The number of nitrogens with one attached hydrogen (secondary N) is 1. The Morgan fingerprint density at radius 3 is 2.45 bits per heavy atom. The van der Waals surface area contributed by atoms with Gasteiger partial charge in [0.1, 0.15) is 5.25 Å². The second kappa shape index (κ2) is 8.53. The minimum Gasteiger partial charge on any atom is -0.452 e. The topological polar surface area (TPSA) is 55.4 Å². The van der Waals surface area contributed by atoms with Crippen LogP contribution in [0.1, 0.15) is 12.5 Å². The Labute approximate surface area is 174 Å². The van der Waals surface area contributed by atoms with Gasteiger partial charge in [-0.2, -0.15) is 0 Å². The summed E-state index contributed by atoms with van der Waals surface area (Å²) in [6.45, 7) is 1.60. The van der Waals surface area contributed by atoms with Crippen molar-refractivity contribution in [1.29, 1.82) is 0 Å². The van der Waals surface area contributed by atoms with Crippen LogP contribution in [0.2, 0.25) is 0 Å². The Hall–Kier alpha value is -3.05. The number of para-hydroxylation sites is 1. The molecule has 0 saturated carbocycles. The Kier molecular flexibility index (Phi) is 5.67. The van der Waals surface area contributed by atoms with Gasteiger partial charge in [-0.15, -0.1) is 11.8 Å². The van der Waals surface area contributed by atoms with Crippen LogP contribution in [-0.4, -0.2) is 23.2 Å². The number of hydrogen-bond donors (Lipinski definition) is 1. The van der Waals surface area contributed by atoms with E-state index in [0.717, 1.165) is 21.6 Å².